The van der Waals surface area contributed by atoms with Crippen molar-refractivity contribution in [3.63, 3.8) is 0 Å². The molecule has 0 bridgehead atoms. The number of benzene rings is 2. The number of aliphatic hydroxyl groups excluding tert-OH is 1. The number of urea groups is 1. The van der Waals surface area contributed by atoms with Crippen LogP contribution in [-0.4, -0.2) is 23.8 Å². The molecule has 0 aliphatic carbocycles. The fourth-order valence-electron chi connectivity index (χ4n) is 2.50. The molecule has 4 heteroatoms. The van der Waals surface area contributed by atoms with E-state index in [0.717, 1.165) is 22.3 Å². The predicted molar refractivity (Wildman–Crippen MR) is 92.4 cm³/mol. The van der Waals surface area contributed by atoms with Crippen molar-refractivity contribution in [1.82, 2.24) is 10.6 Å². The largest absolute Gasteiger partial charge is 0.394 e. The molecule has 2 rings (SSSR count). The van der Waals surface area contributed by atoms with Gasteiger partial charge in [0.1, 0.15) is 0 Å². The Morgan fingerprint density at radius 1 is 1.00 bits per heavy atom. The van der Waals surface area contributed by atoms with Gasteiger partial charge in [-0.3, -0.25) is 0 Å². The number of rotatable bonds is 5. The summed E-state index contributed by atoms with van der Waals surface area (Å²) in [5.41, 5.74) is 4.35. The number of carbonyl (C=O) groups is 1. The maximum absolute atomic E-state index is 12.2. The molecule has 0 spiro atoms. The fraction of sp³-hybridized carbons (Fsp3) is 0.316. The number of carbonyl (C=O) groups excluding carboxylic acids is 1. The van der Waals surface area contributed by atoms with Crippen molar-refractivity contribution in [3.8, 4) is 0 Å². The highest BCUT2D eigenvalue weighted by atomic mass is 16.3. The number of aliphatic hydroxyl groups is 1. The minimum atomic E-state index is -0.292. The predicted octanol–water partition coefficient (Wildman–Crippen LogP) is 3.07. The van der Waals surface area contributed by atoms with Crippen LogP contribution in [0.15, 0.2) is 48.5 Å². The van der Waals surface area contributed by atoms with Crippen LogP contribution in [0.4, 0.5) is 4.79 Å². The van der Waals surface area contributed by atoms with Gasteiger partial charge >= 0.3 is 6.03 Å². The van der Waals surface area contributed by atoms with Crippen LogP contribution in [0.1, 0.15) is 35.2 Å². The molecule has 0 radical (unpaired) electrons. The lowest BCUT2D eigenvalue weighted by Crippen LogP contribution is -2.44. The number of hydrogen-bond acceptors (Lipinski definition) is 2. The molecular formula is C19H24N2O2. The van der Waals surface area contributed by atoms with Crippen LogP contribution in [0.25, 0.3) is 0 Å². The van der Waals surface area contributed by atoms with Crippen LogP contribution >= 0.6 is 0 Å². The second kappa shape index (κ2) is 7.79. The van der Waals surface area contributed by atoms with Crippen molar-refractivity contribution in [2.75, 3.05) is 6.61 Å². The summed E-state index contributed by atoms with van der Waals surface area (Å²) < 4.78 is 0. The molecule has 0 saturated carbocycles. The maximum Gasteiger partial charge on any atom is 0.315 e. The van der Waals surface area contributed by atoms with Gasteiger partial charge in [-0.2, -0.15) is 0 Å². The standard InChI is InChI=1S/C19H24N2O2/c1-13-6-4-8-16(10-13)18(17-9-5-7-14(2)11-17)21-19(23)20-15(3)12-22/h4-11,15,18,22H,12H2,1-3H3,(H2,20,21,23). The second-order valence-corrected chi connectivity index (χ2v) is 5.96. The zero-order chi connectivity index (χ0) is 16.8. The van der Waals surface area contributed by atoms with Gasteiger partial charge in [0.2, 0.25) is 0 Å². The van der Waals surface area contributed by atoms with Crippen LogP contribution in [0.2, 0.25) is 0 Å². The molecule has 0 aliphatic heterocycles. The minimum Gasteiger partial charge on any atom is -0.394 e. The quantitative estimate of drug-likeness (QED) is 0.794. The molecule has 122 valence electrons. The molecular weight excluding hydrogens is 288 g/mol. The Bertz CT molecular complexity index is 624. The summed E-state index contributed by atoms with van der Waals surface area (Å²) >= 11 is 0. The monoisotopic (exact) mass is 312 g/mol. The first-order valence-electron chi connectivity index (χ1n) is 7.80. The molecule has 2 aromatic carbocycles. The summed E-state index contributed by atoms with van der Waals surface area (Å²) in [5.74, 6) is 0. The van der Waals surface area contributed by atoms with E-state index in [1.807, 2.05) is 50.2 Å². The molecule has 23 heavy (non-hydrogen) atoms. The first-order valence-corrected chi connectivity index (χ1v) is 7.80. The van der Waals surface area contributed by atoms with E-state index in [2.05, 4.69) is 22.8 Å². The summed E-state index contributed by atoms with van der Waals surface area (Å²) in [6.07, 6.45) is 0. The second-order valence-electron chi connectivity index (χ2n) is 5.96. The Morgan fingerprint density at radius 3 is 1.96 bits per heavy atom. The van der Waals surface area contributed by atoms with E-state index in [1.54, 1.807) is 6.92 Å². The number of aryl methyl sites for hydroxylation is 2. The van der Waals surface area contributed by atoms with Gasteiger partial charge in [-0.25, -0.2) is 4.79 Å². The van der Waals surface area contributed by atoms with Crippen molar-refractivity contribution in [2.24, 2.45) is 0 Å². The lowest BCUT2D eigenvalue weighted by molar-refractivity contribution is 0.219. The Labute approximate surface area is 137 Å². The summed E-state index contributed by atoms with van der Waals surface area (Å²) in [4.78, 5) is 12.2. The van der Waals surface area contributed by atoms with E-state index < -0.39 is 0 Å². The molecule has 2 amide bonds. The summed E-state index contributed by atoms with van der Waals surface area (Å²) in [6, 6.07) is 15.4. The van der Waals surface area contributed by atoms with Crippen molar-refractivity contribution in [1.29, 1.82) is 0 Å². The van der Waals surface area contributed by atoms with Gasteiger partial charge in [-0.15, -0.1) is 0 Å². The van der Waals surface area contributed by atoms with Gasteiger partial charge in [0.15, 0.2) is 0 Å². The van der Waals surface area contributed by atoms with Crippen LogP contribution < -0.4 is 10.6 Å². The van der Waals surface area contributed by atoms with E-state index in [1.165, 1.54) is 0 Å². The van der Waals surface area contributed by atoms with Crippen LogP contribution in [0.5, 0.6) is 0 Å². The lowest BCUT2D eigenvalue weighted by Gasteiger charge is -2.22. The lowest BCUT2D eigenvalue weighted by atomic mass is 9.96. The topological polar surface area (TPSA) is 61.4 Å². The SMILES string of the molecule is Cc1cccc(C(NC(=O)NC(C)CO)c2cccc(C)c2)c1. The van der Waals surface area contributed by atoms with Gasteiger partial charge in [-0.05, 0) is 31.9 Å². The van der Waals surface area contributed by atoms with Gasteiger partial charge in [-0.1, -0.05) is 59.7 Å². The molecule has 0 fully saturated rings. The first kappa shape index (κ1) is 17.0. The molecule has 3 N–H and O–H groups in total. The van der Waals surface area contributed by atoms with Crippen LogP contribution in [-0.2, 0) is 0 Å². The number of nitrogens with one attached hydrogen (secondary N) is 2. The van der Waals surface area contributed by atoms with Crippen molar-refractivity contribution >= 4 is 6.03 Å². The van der Waals surface area contributed by atoms with Crippen molar-refractivity contribution in [2.45, 2.75) is 32.9 Å². The molecule has 0 aliphatic rings. The third-order valence-electron chi connectivity index (χ3n) is 3.68. The molecule has 2 aromatic rings. The van der Waals surface area contributed by atoms with E-state index in [4.69, 9.17) is 5.11 Å². The molecule has 0 aromatic heterocycles. The third-order valence-corrected chi connectivity index (χ3v) is 3.68. The Hall–Kier alpha value is -2.33. The third kappa shape index (κ3) is 4.83. The van der Waals surface area contributed by atoms with Crippen LogP contribution in [0.3, 0.4) is 0 Å². The van der Waals surface area contributed by atoms with E-state index in [-0.39, 0.29) is 24.7 Å². The Morgan fingerprint density at radius 2 is 1.52 bits per heavy atom. The molecule has 1 atom stereocenters. The zero-order valence-electron chi connectivity index (χ0n) is 13.8. The normalized spacial score (nSPS) is 12.0. The van der Waals surface area contributed by atoms with Gasteiger partial charge in [0, 0.05) is 0 Å². The Balaban J connectivity index is 2.30. The first-order chi connectivity index (χ1) is 11.0. The smallest absolute Gasteiger partial charge is 0.315 e. The van der Waals surface area contributed by atoms with Crippen molar-refractivity contribution < 1.29 is 9.90 Å². The van der Waals surface area contributed by atoms with E-state index >= 15 is 0 Å². The minimum absolute atomic E-state index is 0.0903. The fourth-order valence-corrected chi connectivity index (χ4v) is 2.50. The highest BCUT2D eigenvalue weighted by Gasteiger charge is 2.18. The molecule has 0 heterocycles. The van der Waals surface area contributed by atoms with Crippen molar-refractivity contribution in [3.05, 3.63) is 70.8 Å². The van der Waals surface area contributed by atoms with Crippen LogP contribution in [0, 0.1) is 13.8 Å². The summed E-state index contributed by atoms with van der Waals surface area (Å²) in [5, 5.41) is 14.8. The average Bonchev–Trinajstić information content (AvgIpc) is 2.52. The van der Waals surface area contributed by atoms with Gasteiger partial charge in [0.05, 0.1) is 18.7 Å². The van der Waals surface area contributed by atoms with E-state index in [0.29, 0.717) is 0 Å². The maximum atomic E-state index is 12.2. The molecule has 4 nitrogen and oxygen atoms in total. The zero-order valence-corrected chi connectivity index (χ0v) is 13.8. The Kier molecular flexibility index (Phi) is 5.77. The van der Waals surface area contributed by atoms with Gasteiger partial charge in [0.25, 0.3) is 0 Å². The van der Waals surface area contributed by atoms with E-state index in [9.17, 15) is 4.79 Å². The highest BCUT2D eigenvalue weighted by Crippen LogP contribution is 2.23. The average molecular weight is 312 g/mol. The molecule has 0 saturated heterocycles. The highest BCUT2D eigenvalue weighted by molar-refractivity contribution is 5.75. The summed E-state index contributed by atoms with van der Waals surface area (Å²) in [7, 11) is 0. The summed E-state index contributed by atoms with van der Waals surface area (Å²) in [6.45, 7) is 5.73. The number of amides is 2. The number of hydrogen-bond donors (Lipinski definition) is 3. The molecule has 1 unspecified atom stereocenters. The van der Waals surface area contributed by atoms with Gasteiger partial charge < -0.3 is 15.7 Å².